The number of carbonyl (C=O) groups excluding carboxylic acids is 4. The summed E-state index contributed by atoms with van der Waals surface area (Å²) in [5, 5.41) is 32.7. The van der Waals surface area contributed by atoms with E-state index in [9.17, 15) is 34.6 Å². The van der Waals surface area contributed by atoms with Gasteiger partial charge in [0.15, 0.2) is 12.6 Å². The van der Waals surface area contributed by atoms with Gasteiger partial charge in [0.2, 0.25) is 17.7 Å². The summed E-state index contributed by atoms with van der Waals surface area (Å²) in [5.41, 5.74) is -5.82. The Kier molecular flexibility index (Phi) is 20.4. The lowest BCUT2D eigenvalue weighted by atomic mass is 9.43. The molecule has 1 fully saturated rings. The number of carbonyl (C=O) groups is 4. The molecule has 17 nitrogen and oxygen atoms in total. The van der Waals surface area contributed by atoms with Gasteiger partial charge in [-0.3, -0.25) is 39.4 Å². The number of aldehydes is 1. The highest BCUT2D eigenvalue weighted by molar-refractivity contribution is 5.85. The van der Waals surface area contributed by atoms with E-state index in [-0.39, 0.29) is 83.9 Å². The van der Waals surface area contributed by atoms with E-state index >= 15 is 4.79 Å². The van der Waals surface area contributed by atoms with Gasteiger partial charge < -0.3 is 34.9 Å². The standard InChI is InChI=1S/C56H89N5O12/c1-37(2)59-45(63)42(50(6,7)8)33-51(9,10)53(13,14)56(18,48(65)58-26-20-28-71-40-22-24-44(61(68)69)41(32-40)46-72-29-30-73-46)36-52(11,12)54(15,16)55(17,35-49(3,4)5)47(64)57-25-19-27-70-39-21-23-43(60(66)67)38(31-39)34-62/h21-24,31-32,34,37,42,46H,19-20,25-30,33,35-36H2,1-18H3,(H,57,64)(H,58,65)(H,59,63). The smallest absolute Gasteiger partial charge is 0.280 e. The Morgan fingerprint density at radius 1 is 0.685 bits per heavy atom. The van der Waals surface area contributed by atoms with Crippen LogP contribution in [0.15, 0.2) is 36.4 Å². The second-order valence-electron chi connectivity index (χ2n) is 25.4. The lowest BCUT2D eigenvalue weighted by molar-refractivity contribution is -0.386. The first-order valence-electron chi connectivity index (χ1n) is 25.8. The van der Waals surface area contributed by atoms with Crippen LogP contribution in [0.5, 0.6) is 11.5 Å². The maximum atomic E-state index is 15.4. The number of amides is 3. The Balaban J connectivity index is 1.99. The number of nitrogens with one attached hydrogen (secondary N) is 3. The molecule has 73 heavy (non-hydrogen) atoms. The van der Waals surface area contributed by atoms with Crippen molar-refractivity contribution in [2.75, 3.05) is 39.5 Å². The van der Waals surface area contributed by atoms with E-state index in [4.69, 9.17) is 18.9 Å². The molecule has 0 saturated carbocycles. The molecule has 0 radical (unpaired) electrons. The van der Waals surface area contributed by atoms with Crippen molar-refractivity contribution in [1.29, 1.82) is 0 Å². The summed E-state index contributed by atoms with van der Waals surface area (Å²) in [6.07, 6.45) is 1.77. The van der Waals surface area contributed by atoms with Crippen LogP contribution in [0.3, 0.4) is 0 Å². The monoisotopic (exact) mass is 1020 g/mol. The quantitative estimate of drug-likeness (QED) is 0.0329. The summed E-state index contributed by atoms with van der Waals surface area (Å²) in [7, 11) is 0. The van der Waals surface area contributed by atoms with Crippen molar-refractivity contribution < 1.29 is 48.0 Å². The van der Waals surface area contributed by atoms with Crippen LogP contribution in [-0.4, -0.2) is 79.4 Å². The molecule has 1 aliphatic rings. The second kappa shape index (κ2) is 24.0. The summed E-state index contributed by atoms with van der Waals surface area (Å²) in [6.45, 7) is 39.2. The number of nitro groups is 2. The highest BCUT2D eigenvalue weighted by atomic mass is 16.7. The van der Waals surface area contributed by atoms with Gasteiger partial charge in [-0.05, 0) is 103 Å². The number of benzene rings is 2. The maximum absolute atomic E-state index is 15.4. The molecule has 2 aromatic rings. The first-order chi connectivity index (χ1) is 33.4. The summed E-state index contributed by atoms with van der Waals surface area (Å²) in [5.74, 6) is -0.00652. The van der Waals surface area contributed by atoms with Crippen molar-refractivity contribution in [2.24, 2.45) is 49.2 Å². The Bertz CT molecular complexity index is 2270. The number of nitrogens with zero attached hydrogens (tertiary/aromatic N) is 2. The highest BCUT2D eigenvalue weighted by Gasteiger charge is 2.62. The van der Waals surface area contributed by atoms with Crippen molar-refractivity contribution in [2.45, 2.75) is 169 Å². The Morgan fingerprint density at radius 2 is 1.14 bits per heavy atom. The van der Waals surface area contributed by atoms with Gasteiger partial charge in [-0.1, -0.05) is 111 Å². The van der Waals surface area contributed by atoms with E-state index in [1.165, 1.54) is 30.3 Å². The third-order valence-corrected chi connectivity index (χ3v) is 16.5. The fraction of sp³-hybridized carbons (Fsp3) is 0.714. The second-order valence-corrected chi connectivity index (χ2v) is 25.4. The van der Waals surface area contributed by atoms with Gasteiger partial charge in [0.25, 0.3) is 11.4 Å². The zero-order valence-electron chi connectivity index (χ0n) is 47.3. The van der Waals surface area contributed by atoms with Crippen LogP contribution in [0.1, 0.15) is 179 Å². The van der Waals surface area contributed by atoms with Gasteiger partial charge in [0.05, 0.1) is 58.2 Å². The molecule has 3 amide bonds. The molecule has 2 aromatic carbocycles. The SMILES string of the molecule is CC(C)NC(=O)C(CC(C)(C)C(C)(C)C(C)(CC(C)(C)C(C)(C)C(C)(CC(C)(C)C)C(=O)NCCCOc1ccc([N+](=O)[O-])c(C=O)c1)C(=O)NCCCOc1ccc([N+](=O)[O-])c(C2OCCO2)c1)C(C)(C)C. The molecule has 3 atom stereocenters. The zero-order valence-corrected chi connectivity index (χ0v) is 47.3. The van der Waals surface area contributed by atoms with Crippen LogP contribution in [0, 0.1) is 69.5 Å². The lowest BCUT2D eigenvalue weighted by Gasteiger charge is -2.60. The third kappa shape index (κ3) is 15.0. The van der Waals surface area contributed by atoms with E-state index in [0.717, 1.165) is 0 Å². The molecular weight excluding hydrogens is 935 g/mol. The average molecular weight is 1020 g/mol. The van der Waals surface area contributed by atoms with Crippen LogP contribution in [0.4, 0.5) is 11.4 Å². The average Bonchev–Trinajstić information content (AvgIpc) is 3.81. The molecule has 410 valence electrons. The number of ether oxygens (including phenoxy) is 4. The highest BCUT2D eigenvalue weighted by Crippen LogP contribution is 2.64. The van der Waals surface area contributed by atoms with Gasteiger partial charge >= 0.3 is 0 Å². The van der Waals surface area contributed by atoms with E-state index in [0.29, 0.717) is 63.1 Å². The molecule has 0 aliphatic carbocycles. The molecule has 0 bridgehead atoms. The zero-order chi connectivity index (χ0) is 55.8. The van der Waals surface area contributed by atoms with Gasteiger partial charge in [-0.2, -0.15) is 0 Å². The van der Waals surface area contributed by atoms with Crippen LogP contribution >= 0.6 is 0 Å². The Hall–Kier alpha value is -5.16. The minimum absolute atomic E-state index is 0.0312. The molecule has 3 N–H and O–H groups in total. The molecule has 17 heteroatoms. The van der Waals surface area contributed by atoms with E-state index in [2.05, 4.69) is 113 Å². The maximum Gasteiger partial charge on any atom is 0.280 e. The van der Waals surface area contributed by atoms with E-state index in [1.807, 2.05) is 27.7 Å². The van der Waals surface area contributed by atoms with Crippen LogP contribution in [0.25, 0.3) is 0 Å². The predicted molar refractivity (Wildman–Crippen MR) is 283 cm³/mol. The van der Waals surface area contributed by atoms with Crippen LogP contribution < -0.4 is 25.4 Å². The van der Waals surface area contributed by atoms with Crippen molar-refractivity contribution in [3.8, 4) is 11.5 Å². The molecule has 0 spiro atoms. The molecule has 3 unspecified atom stereocenters. The minimum atomic E-state index is -1.10. The van der Waals surface area contributed by atoms with Gasteiger partial charge in [0.1, 0.15) is 11.5 Å². The van der Waals surface area contributed by atoms with Gasteiger partial charge in [-0.25, -0.2) is 0 Å². The van der Waals surface area contributed by atoms with Gasteiger partial charge in [-0.15, -0.1) is 0 Å². The Labute approximate surface area is 435 Å². The molecule has 3 rings (SSSR count). The lowest BCUT2D eigenvalue weighted by Crippen LogP contribution is -2.61. The fourth-order valence-corrected chi connectivity index (χ4v) is 10.5. The summed E-state index contributed by atoms with van der Waals surface area (Å²) in [6, 6.07) is 8.41. The van der Waals surface area contributed by atoms with Crippen LogP contribution in [-0.2, 0) is 23.9 Å². The largest absolute Gasteiger partial charge is 0.494 e. The molecule has 1 heterocycles. The number of hydrogen-bond acceptors (Lipinski definition) is 12. The van der Waals surface area contributed by atoms with E-state index < -0.39 is 54.0 Å². The number of rotatable bonds is 27. The molecular formula is C56H89N5O12. The van der Waals surface area contributed by atoms with Crippen molar-refractivity contribution in [3.63, 3.8) is 0 Å². The normalized spacial score (nSPS) is 16.2. The molecule has 0 aromatic heterocycles. The predicted octanol–water partition coefficient (Wildman–Crippen LogP) is 11.4. The van der Waals surface area contributed by atoms with Crippen molar-refractivity contribution in [3.05, 3.63) is 67.8 Å². The van der Waals surface area contributed by atoms with Crippen molar-refractivity contribution >= 4 is 35.4 Å². The minimum Gasteiger partial charge on any atom is -0.494 e. The molecule has 1 aliphatic heterocycles. The third-order valence-electron chi connectivity index (χ3n) is 16.5. The molecule has 1 saturated heterocycles. The van der Waals surface area contributed by atoms with E-state index in [1.54, 1.807) is 6.07 Å². The fourth-order valence-electron chi connectivity index (χ4n) is 10.5. The summed E-state index contributed by atoms with van der Waals surface area (Å²) < 4.78 is 23.0. The van der Waals surface area contributed by atoms with Crippen LogP contribution in [0.2, 0.25) is 0 Å². The number of nitro benzene ring substituents is 2. The topological polar surface area (TPSA) is 228 Å². The summed E-state index contributed by atoms with van der Waals surface area (Å²) in [4.78, 5) is 77.8. The Morgan fingerprint density at radius 3 is 1.58 bits per heavy atom. The number of hydrogen-bond donors (Lipinski definition) is 3. The summed E-state index contributed by atoms with van der Waals surface area (Å²) >= 11 is 0. The first kappa shape index (κ1) is 62.1. The van der Waals surface area contributed by atoms with Crippen molar-refractivity contribution in [1.82, 2.24) is 16.0 Å². The first-order valence-corrected chi connectivity index (χ1v) is 25.8. The van der Waals surface area contributed by atoms with Gasteiger partial charge in [0, 0.05) is 37.2 Å².